The molecule has 1 aliphatic heterocycles. The fraction of sp³-hybridized carbons (Fsp3) is 0.850. The third-order valence-corrected chi connectivity index (χ3v) is 8.47. The fourth-order valence-electron chi connectivity index (χ4n) is 7.27. The number of hydrogen-bond donors (Lipinski definition) is 0. The van der Waals surface area contributed by atoms with Crippen LogP contribution >= 0.6 is 0 Å². The van der Waals surface area contributed by atoms with E-state index in [1.54, 1.807) is 0 Å². The summed E-state index contributed by atoms with van der Waals surface area (Å²) in [5.41, 5.74) is 2.20. The first kappa shape index (κ1) is 13.8. The standard InChI is InChI=1S/C20H28O2/c1-19-8-6-16-15-5-3-14(21)12-13(15)2-4-17(16)18(19)7-9-20(19)10-11-22-20/h12,15-18H,2-11H2,1H3/t15-,16+,17+,18+,19+,20-/m1/s1. The van der Waals surface area contributed by atoms with Gasteiger partial charge in [0.15, 0.2) is 5.78 Å². The molecule has 0 aromatic heterocycles. The number of carbonyl (C=O) groups is 1. The maximum absolute atomic E-state index is 11.8. The Morgan fingerprint density at radius 2 is 1.91 bits per heavy atom. The van der Waals surface area contributed by atoms with Gasteiger partial charge in [-0.1, -0.05) is 12.5 Å². The zero-order valence-corrected chi connectivity index (χ0v) is 13.8. The topological polar surface area (TPSA) is 26.3 Å². The minimum atomic E-state index is 0.251. The quantitative estimate of drug-likeness (QED) is 0.667. The van der Waals surface area contributed by atoms with Crippen LogP contribution in [-0.2, 0) is 9.53 Å². The lowest BCUT2D eigenvalue weighted by molar-refractivity contribution is -0.224. The van der Waals surface area contributed by atoms with Crippen molar-refractivity contribution in [3.8, 4) is 0 Å². The number of ether oxygens (including phenoxy) is 1. The zero-order chi connectivity index (χ0) is 14.9. The molecule has 1 spiro atoms. The van der Waals surface area contributed by atoms with Crippen LogP contribution in [0.3, 0.4) is 0 Å². The molecule has 4 aliphatic carbocycles. The summed E-state index contributed by atoms with van der Waals surface area (Å²) in [5.74, 6) is 3.76. The predicted octanol–water partition coefficient (Wildman–Crippen LogP) is 4.29. The van der Waals surface area contributed by atoms with Gasteiger partial charge in [0, 0.05) is 12.8 Å². The summed E-state index contributed by atoms with van der Waals surface area (Å²) < 4.78 is 6.20. The summed E-state index contributed by atoms with van der Waals surface area (Å²) in [5, 5.41) is 0. The van der Waals surface area contributed by atoms with E-state index in [4.69, 9.17) is 4.74 Å². The maximum Gasteiger partial charge on any atom is 0.155 e. The van der Waals surface area contributed by atoms with E-state index in [2.05, 4.69) is 6.92 Å². The molecular formula is C20H28O2. The first-order valence-electron chi connectivity index (χ1n) is 9.50. The molecule has 0 aromatic carbocycles. The second kappa shape index (κ2) is 4.47. The van der Waals surface area contributed by atoms with Gasteiger partial charge < -0.3 is 4.74 Å². The van der Waals surface area contributed by atoms with Crippen LogP contribution in [0.25, 0.3) is 0 Å². The van der Waals surface area contributed by atoms with Crippen LogP contribution in [0, 0.1) is 29.1 Å². The molecule has 0 aromatic rings. The van der Waals surface area contributed by atoms with E-state index in [-0.39, 0.29) is 5.60 Å². The summed E-state index contributed by atoms with van der Waals surface area (Å²) in [6.07, 6.45) is 13.2. The van der Waals surface area contributed by atoms with Crippen LogP contribution in [-0.4, -0.2) is 18.0 Å². The molecule has 5 aliphatic rings. The zero-order valence-electron chi connectivity index (χ0n) is 13.8. The Balaban J connectivity index is 1.46. The monoisotopic (exact) mass is 300 g/mol. The smallest absolute Gasteiger partial charge is 0.155 e. The van der Waals surface area contributed by atoms with E-state index < -0.39 is 0 Å². The summed E-state index contributed by atoms with van der Waals surface area (Å²) in [6, 6.07) is 0. The van der Waals surface area contributed by atoms with Gasteiger partial charge in [-0.25, -0.2) is 0 Å². The minimum Gasteiger partial charge on any atom is -0.374 e. The molecule has 0 radical (unpaired) electrons. The molecule has 0 amide bonds. The molecule has 2 nitrogen and oxygen atoms in total. The summed E-state index contributed by atoms with van der Waals surface area (Å²) >= 11 is 0. The van der Waals surface area contributed by atoms with Crippen LogP contribution in [0.2, 0.25) is 0 Å². The van der Waals surface area contributed by atoms with E-state index in [1.807, 2.05) is 6.08 Å². The van der Waals surface area contributed by atoms with Crippen LogP contribution in [0.5, 0.6) is 0 Å². The fourth-order valence-corrected chi connectivity index (χ4v) is 7.27. The second-order valence-electron chi connectivity index (χ2n) is 8.89. The number of hydrogen-bond acceptors (Lipinski definition) is 2. The van der Waals surface area contributed by atoms with Gasteiger partial charge >= 0.3 is 0 Å². The lowest BCUT2D eigenvalue weighted by Gasteiger charge is -2.59. The number of fused-ring (bicyclic) bond motifs is 6. The van der Waals surface area contributed by atoms with E-state index in [1.165, 1.54) is 50.5 Å². The van der Waals surface area contributed by atoms with Crippen molar-refractivity contribution in [3.05, 3.63) is 11.6 Å². The Morgan fingerprint density at radius 1 is 1.05 bits per heavy atom. The van der Waals surface area contributed by atoms with Crippen LogP contribution in [0.15, 0.2) is 11.6 Å². The van der Waals surface area contributed by atoms with Gasteiger partial charge in [-0.2, -0.15) is 0 Å². The van der Waals surface area contributed by atoms with E-state index in [0.29, 0.717) is 11.2 Å². The maximum atomic E-state index is 11.8. The predicted molar refractivity (Wildman–Crippen MR) is 85.4 cm³/mol. The highest BCUT2D eigenvalue weighted by molar-refractivity contribution is 5.91. The first-order chi connectivity index (χ1) is 10.6. The third-order valence-electron chi connectivity index (χ3n) is 8.47. The van der Waals surface area contributed by atoms with Crippen molar-refractivity contribution in [1.29, 1.82) is 0 Å². The van der Waals surface area contributed by atoms with E-state index in [0.717, 1.165) is 43.1 Å². The molecule has 0 bridgehead atoms. The SMILES string of the molecule is C[C@]12CC[C@@H]3[C@H](CCC4=CC(=O)CC[C@H]43)[C@@H]1CC[C@@]21CCO1. The average Bonchev–Trinajstić information content (AvgIpc) is 2.79. The Bertz CT molecular complexity index is 544. The minimum absolute atomic E-state index is 0.251. The molecule has 1 saturated heterocycles. The van der Waals surface area contributed by atoms with Crippen LogP contribution < -0.4 is 0 Å². The number of carbonyl (C=O) groups excluding carboxylic acids is 1. The number of ketones is 1. The Kier molecular flexibility index (Phi) is 2.80. The highest BCUT2D eigenvalue weighted by Crippen LogP contribution is 2.68. The highest BCUT2D eigenvalue weighted by atomic mass is 16.5. The van der Waals surface area contributed by atoms with Gasteiger partial charge in [-0.15, -0.1) is 0 Å². The van der Waals surface area contributed by atoms with Gasteiger partial charge in [0.05, 0.1) is 12.2 Å². The first-order valence-corrected chi connectivity index (χ1v) is 9.50. The van der Waals surface area contributed by atoms with Crippen molar-refractivity contribution in [2.45, 2.75) is 70.3 Å². The van der Waals surface area contributed by atoms with Gasteiger partial charge in [-0.3, -0.25) is 4.79 Å². The molecule has 4 fully saturated rings. The van der Waals surface area contributed by atoms with Gasteiger partial charge in [0.25, 0.3) is 0 Å². The molecule has 22 heavy (non-hydrogen) atoms. The number of allylic oxidation sites excluding steroid dienone is 1. The van der Waals surface area contributed by atoms with Gasteiger partial charge in [0.2, 0.25) is 0 Å². The normalized spacial score (nSPS) is 53.3. The molecular weight excluding hydrogens is 272 g/mol. The van der Waals surface area contributed by atoms with E-state index in [9.17, 15) is 4.79 Å². The largest absolute Gasteiger partial charge is 0.374 e. The second-order valence-corrected chi connectivity index (χ2v) is 8.89. The van der Waals surface area contributed by atoms with Crippen molar-refractivity contribution in [3.63, 3.8) is 0 Å². The Hall–Kier alpha value is -0.630. The molecule has 2 heteroatoms. The van der Waals surface area contributed by atoms with Crippen molar-refractivity contribution in [2.24, 2.45) is 29.1 Å². The van der Waals surface area contributed by atoms with Crippen molar-refractivity contribution in [1.82, 2.24) is 0 Å². The summed E-state index contributed by atoms with van der Waals surface area (Å²) in [7, 11) is 0. The average molecular weight is 300 g/mol. The molecule has 0 N–H and O–H groups in total. The lowest BCUT2D eigenvalue weighted by atomic mass is 9.50. The molecule has 5 rings (SSSR count). The lowest BCUT2D eigenvalue weighted by Crippen LogP contribution is -2.58. The molecule has 0 unspecified atom stereocenters. The highest BCUT2D eigenvalue weighted by Gasteiger charge is 2.65. The summed E-state index contributed by atoms with van der Waals surface area (Å²) in [4.78, 5) is 11.8. The molecule has 6 atom stereocenters. The van der Waals surface area contributed by atoms with Crippen LogP contribution in [0.4, 0.5) is 0 Å². The van der Waals surface area contributed by atoms with Gasteiger partial charge in [-0.05, 0) is 80.1 Å². The van der Waals surface area contributed by atoms with E-state index >= 15 is 0 Å². The Labute approximate surface area is 133 Å². The number of rotatable bonds is 0. The van der Waals surface area contributed by atoms with Crippen molar-refractivity contribution in [2.75, 3.05) is 6.61 Å². The van der Waals surface area contributed by atoms with Crippen LogP contribution in [0.1, 0.15) is 64.7 Å². The van der Waals surface area contributed by atoms with Crippen molar-refractivity contribution < 1.29 is 9.53 Å². The van der Waals surface area contributed by atoms with Crippen molar-refractivity contribution >= 4 is 5.78 Å². The molecule has 1 heterocycles. The summed E-state index contributed by atoms with van der Waals surface area (Å²) in [6.45, 7) is 3.55. The third kappa shape index (κ3) is 1.58. The molecule has 3 saturated carbocycles. The van der Waals surface area contributed by atoms with Gasteiger partial charge in [0.1, 0.15) is 0 Å². The Morgan fingerprint density at radius 3 is 2.68 bits per heavy atom. The molecule has 120 valence electrons.